The Morgan fingerprint density at radius 2 is 1.25 bits per heavy atom. The molecule has 612 valence electrons. The van der Waals surface area contributed by atoms with E-state index in [1.54, 1.807) is 46.8 Å². The van der Waals surface area contributed by atoms with Gasteiger partial charge in [-0.2, -0.15) is 26.3 Å². The molecule has 3 heterocycles. The molecule has 3 aliphatic heterocycles. The van der Waals surface area contributed by atoms with Crippen LogP contribution in [-0.4, -0.2) is 289 Å². The molecule has 33 heteroatoms. The maximum Gasteiger partial charge on any atom is 0.397 e. The number of nitrogens with zero attached hydrogens (tertiary/aromatic N) is 9. The van der Waals surface area contributed by atoms with Gasteiger partial charge in [-0.15, -0.1) is 0 Å². The quantitative estimate of drug-likeness (QED) is 0.115. The van der Waals surface area contributed by atoms with Crippen molar-refractivity contribution in [1.82, 2.24) is 60.0 Å². The molecule has 0 radical (unpaired) electrons. The van der Waals surface area contributed by atoms with E-state index in [1.807, 2.05) is 13.8 Å². The molecule has 1 spiro atoms. The van der Waals surface area contributed by atoms with Crippen LogP contribution in [0.2, 0.25) is 0 Å². The van der Waals surface area contributed by atoms with E-state index in [4.69, 9.17) is 4.74 Å². The van der Waals surface area contributed by atoms with Crippen LogP contribution in [0.1, 0.15) is 177 Å². The van der Waals surface area contributed by atoms with Gasteiger partial charge in [-0.25, -0.2) is 8.78 Å². The van der Waals surface area contributed by atoms with Gasteiger partial charge >= 0.3 is 12.4 Å². The van der Waals surface area contributed by atoms with Gasteiger partial charge in [-0.05, 0) is 133 Å². The molecule has 3 saturated carbocycles. The number of hydrogen-bond donors (Lipinski definition) is 3. The lowest BCUT2D eigenvalue weighted by Gasteiger charge is -2.47. The number of ether oxygens (including phenoxy) is 1. The molecule has 12 amide bonds. The average molecular weight is 1550 g/mol. The second-order valence-corrected chi connectivity index (χ2v) is 31.7. The second kappa shape index (κ2) is 38.6. The van der Waals surface area contributed by atoms with Crippen LogP contribution >= 0.6 is 0 Å². The molecular weight excluding hydrogens is 1430 g/mol. The van der Waals surface area contributed by atoms with Crippen molar-refractivity contribution in [3.8, 4) is 0 Å². The van der Waals surface area contributed by atoms with Crippen molar-refractivity contribution < 1.29 is 97.4 Å². The maximum absolute atomic E-state index is 15.5. The molecule has 0 aromatic heterocycles. The number of hydrogen-bond acceptors (Lipinski definition) is 13. The molecule has 3 aliphatic carbocycles. The van der Waals surface area contributed by atoms with E-state index < -0.39 is 230 Å². The molecule has 3 N–H and O–H groups in total. The zero-order chi connectivity index (χ0) is 80.9. The van der Waals surface area contributed by atoms with Gasteiger partial charge < -0.3 is 64.8 Å². The topological polar surface area (TPSA) is 279 Å². The Kier molecular flexibility index (Phi) is 32.1. The molecule has 5 fully saturated rings. The van der Waals surface area contributed by atoms with Gasteiger partial charge in [0.1, 0.15) is 72.1 Å². The highest BCUT2D eigenvalue weighted by Crippen LogP contribution is 2.45. The first-order valence-electron chi connectivity index (χ1n) is 38.5. The number of nitrogens with one attached hydrogen (secondary N) is 3. The predicted octanol–water partition coefficient (Wildman–Crippen LogP) is 6.60. The summed E-state index contributed by atoms with van der Waals surface area (Å²) in [7, 11) is 10.8. The third-order valence-corrected chi connectivity index (χ3v) is 23.6. The highest BCUT2D eigenvalue weighted by molar-refractivity contribution is 6.01. The van der Waals surface area contributed by atoms with Gasteiger partial charge in [0.05, 0.1) is 31.5 Å². The van der Waals surface area contributed by atoms with Crippen LogP contribution in [0.4, 0.5) is 35.1 Å². The van der Waals surface area contributed by atoms with Crippen LogP contribution in [-0.2, 0) is 62.3 Å². The number of fused-ring (bicyclic) bond motifs is 3. The Morgan fingerprint density at radius 3 is 1.79 bits per heavy atom. The summed E-state index contributed by atoms with van der Waals surface area (Å²) in [6, 6.07) is -11.5. The minimum absolute atomic E-state index is 0.00714. The van der Waals surface area contributed by atoms with E-state index in [0.717, 1.165) is 29.4 Å². The van der Waals surface area contributed by atoms with Crippen molar-refractivity contribution in [3.63, 3.8) is 0 Å². The molecule has 6 aliphatic rings. The summed E-state index contributed by atoms with van der Waals surface area (Å²) in [5.74, 6) is -17.3. The Labute approximate surface area is 630 Å². The summed E-state index contributed by atoms with van der Waals surface area (Å²) in [5.41, 5.74) is -1.71. The van der Waals surface area contributed by atoms with Gasteiger partial charge in [-0.3, -0.25) is 57.5 Å². The van der Waals surface area contributed by atoms with Crippen LogP contribution in [0.25, 0.3) is 0 Å². The third-order valence-electron chi connectivity index (χ3n) is 23.6. The molecule has 2 unspecified atom stereocenters. The van der Waals surface area contributed by atoms with Crippen molar-refractivity contribution in [2.24, 2.45) is 41.4 Å². The number of rotatable bonds is 15. The van der Waals surface area contributed by atoms with E-state index in [-0.39, 0.29) is 103 Å². The minimum Gasteiger partial charge on any atom is -0.377 e. The van der Waals surface area contributed by atoms with Crippen molar-refractivity contribution in [3.05, 3.63) is 12.2 Å². The highest BCUT2D eigenvalue weighted by atomic mass is 19.4. The lowest BCUT2D eigenvalue weighted by Crippen LogP contribution is -2.68. The van der Waals surface area contributed by atoms with E-state index in [0.29, 0.717) is 25.7 Å². The fourth-order valence-electron chi connectivity index (χ4n) is 16.5. The summed E-state index contributed by atoms with van der Waals surface area (Å²) in [4.78, 5) is 191. The van der Waals surface area contributed by atoms with Crippen LogP contribution in [0.3, 0.4) is 0 Å². The molecule has 0 aromatic carbocycles. The van der Waals surface area contributed by atoms with Gasteiger partial charge in [0.2, 0.25) is 70.9 Å². The number of carbonyl (C=O) groups excluding carboxylic acids is 12. The van der Waals surface area contributed by atoms with Gasteiger partial charge in [-0.1, -0.05) is 73.0 Å². The molecule has 2 bridgehead atoms. The molecular formula is C75H118F8N12O13. The van der Waals surface area contributed by atoms with Crippen LogP contribution in [0, 0.1) is 41.4 Å². The maximum atomic E-state index is 15.5. The zero-order valence-electron chi connectivity index (χ0n) is 65.6. The first kappa shape index (κ1) is 89.7. The smallest absolute Gasteiger partial charge is 0.377 e. The SMILES string of the molecule is CCO[C@@H]1C[C@H]2C(=O)NC3(CCC3)C(=O)N(C)[C@@H](C(CC)CC)C(=O)N(C)[C@H](C(=O)N(C)C)CC(=O)N(C)[C@@H](CC(C)C)C(=O)N[C@@H]([C@@H](C)CC)C(=O)N(C)CC(=O)N(C)[C@H]3C/C=C\CCN(C3=O)[C@@H](CC3CCC(C(F)(F)F)CC3)C(=O)N(C)CC(=O)N[C@@H](CCC3CC(F)C(C(F)(F)F)C(F)C3)C(=O)N2C1. The molecule has 6 rings (SSSR count). The first-order chi connectivity index (χ1) is 50.5. The monoisotopic (exact) mass is 1550 g/mol. The molecule has 25 nitrogen and oxygen atoms in total. The van der Waals surface area contributed by atoms with Gasteiger partial charge in [0.15, 0.2) is 0 Å². The summed E-state index contributed by atoms with van der Waals surface area (Å²) in [5, 5.41) is 8.38. The number of amides is 12. The molecule has 2 saturated heterocycles. The predicted molar refractivity (Wildman–Crippen MR) is 383 cm³/mol. The van der Waals surface area contributed by atoms with E-state index in [9.17, 15) is 55.1 Å². The normalized spacial score (nSPS) is 31.1. The lowest BCUT2D eigenvalue weighted by atomic mass is 9.74. The van der Waals surface area contributed by atoms with Crippen molar-refractivity contribution in [2.45, 2.75) is 262 Å². The zero-order valence-corrected chi connectivity index (χ0v) is 65.6. The number of alkyl halides is 8. The fraction of sp³-hybridized carbons (Fsp3) is 0.813. The van der Waals surface area contributed by atoms with Gasteiger partial charge in [0, 0.05) is 82.5 Å². The number of carbonyl (C=O) groups is 12. The van der Waals surface area contributed by atoms with E-state index in [2.05, 4.69) is 16.0 Å². The second-order valence-electron chi connectivity index (χ2n) is 31.7. The largest absolute Gasteiger partial charge is 0.397 e. The molecule has 108 heavy (non-hydrogen) atoms. The van der Waals surface area contributed by atoms with Crippen LogP contribution < -0.4 is 16.0 Å². The molecule has 0 aromatic rings. The Hall–Kier alpha value is -7.22. The summed E-state index contributed by atoms with van der Waals surface area (Å²) >= 11 is 0. The van der Waals surface area contributed by atoms with Crippen LogP contribution in [0.5, 0.6) is 0 Å². The van der Waals surface area contributed by atoms with Crippen LogP contribution in [0.15, 0.2) is 12.2 Å². The Morgan fingerprint density at radius 1 is 0.639 bits per heavy atom. The summed E-state index contributed by atoms with van der Waals surface area (Å²) in [6.07, 6.45) is -15.0. The number of halogens is 8. The van der Waals surface area contributed by atoms with Crippen molar-refractivity contribution >= 4 is 70.9 Å². The van der Waals surface area contributed by atoms with Crippen molar-refractivity contribution in [2.75, 3.05) is 89.2 Å². The lowest BCUT2D eigenvalue weighted by molar-refractivity contribution is -0.219. The van der Waals surface area contributed by atoms with E-state index >= 15 is 37.5 Å². The third kappa shape index (κ3) is 21.9. The highest BCUT2D eigenvalue weighted by Gasteiger charge is 2.56. The summed E-state index contributed by atoms with van der Waals surface area (Å²) in [6.45, 7) is 10.4. The minimum atomic E-state index is -5.22. The Bertz CT molecular complexity index is 3190. The standard InChI is InChI=1S/C75H118F8N12O13/c1-16-44(7)62-70(105)89(11)42-60(98)90(12)53-24-21-20-22-33-94(69(53)104)57(37-45-25-28-48(29-26-45)74(78,79)80)68(103)88(10)41-58(96)84-52(30-27-46-35-50(76)61(51(77)36-46)75(81,82)83)66(101)95-40-49(108-19-4)38-55(95)65(100)86-73(31-23-32-73)72(107)93(15)63(47(17-2)18-3)71(106)92(14)56(67(102)87(8)9)39-59(97)91(13)54(34-43(5)6)64(99)85-62/h20-21,43-57,61-63H,16-19,22-42H2,1-15H3,(H,84,96)(H,85,99)(H,86,100)/b21-20-/t44-,45?,46?,48?,49+,50?,51?,52-,53-,54-,55-,56-,57-,61?,62-,63-/m0/s1. The fourth-order valence-corrected chi connectivity index (χ4v) is 16.5. The molecule has 12 atom stereocenters. The Balaban J connectivity index is 1.49. The van der Waals surface area contributed by atoms with Crippen molar-refractivity contribution in [1.29, 1.82) is 0 Å². The average Bonchev–Trinajstić information content (AvgIpc) is 1.17. The van der Waals surface area contributed by atoms with Gasteiger partial charge in [0.25, 0.3) is 0 Å². The van der Waals surface area contributed by atoms with E-state index in [1.165, 1.54) is 71.1 Å². The summed E-state index contributed by atoms with van der Waals surface area (Å²) < 4.78 is 121. The first-order valence-corrected chi connectivity index (χ1v) is 38.5. The number of likely N-dealkylation sites (N-methyl/N-ethyl adjacent to an activating group) is 7.